The minimum Gasteiger partial charge on any atom is -0.497 e. The molecule has 10 nitrogen and oxygen atoms in total. The van der Waals surface area contributed by atoms with Crippen molar-refractivity contribution in [3.63, 3.8) is 0 Å². The number of carbonyl (C=O) groups is 1. The molecule has 0 saturated heterocycles. The second kappa shape index (κ2) is 11.9. The Morgan fingerprint density at radius 3 is 2.14 bits per heavy atom. The van der Waals surface area contributed by atoms with Gasteiger partial charge >= 0.3 is 0 Å². The first-order valence-corrected chi connectivity index (χ1v) is 12.1. The quantitative estimate of drug-likeness (QED) is 0.309. The first-order valence-electron chi connectivity index (χ1n) is 10.7. The number of hydrogen-bond acceptors (Lipinski definition) is 8. The summed E-state index contributed by atoms with van der Waals surface area (Å²) >= 11 is 0. The number of hydrogen-bond donors (Lipinski definition) is 1. The van der Waals surface area contributed by atoms with Gasteiger partial charge < -0.3 is 18.9 Å². The number of nitrogens with one attached hydrogen (secondary N) is 1. The van der Waals surface area contributed by atoms with Gasteiger partial charge in [0.2, 0.25) is 0 Å². The molecule has 0 spiro atoms. The van der Waals surface area contributed by atoms with Crippen LogP contribution in [0.25, 0.3) is 0 Å². The van der Waals surface area contributed by atoms with Gasteiger partial charge in [0.25, 0.3) is 15.9 Å². The second-order valence-corrected chi connectivity index (χ2v) is 9.13. The average molecular weight is 514 g/mol. The number of methoxy groups -OCH3 is 4. The molecule has 0 fully saturated rings. The van der Waals surface area contributed by atoms with Crippen molar-refractivity contribution in [2.24, 2.45) is 5.10 Å². The van der Waals surface area contributed by atoms with Crippen molar-refractivity contribution in [2.45, 2.75) is 4.90 Å². The summed E-state index contributed by atoms with van der Waals surface area (Å²) in [5.74, 6) is 1.05. The van der Waals surface area contributed by atoms with Crippen LogP contribution in [0, 0.1) is 0 Å². The molecule has 0 aliphatic rings. The van der Waals surface area contributed by atoms with Gasteiger partial charge in [-0.2, -0.15) is 5.10 Å². The summed E-state index contributed by atoms with van der Waals surface area (Å²) in [6.07, 6.45) is 1.39. The largest absolute Gasteiger partial charge is 0.497 e. The van der Waals surface area contributed by atoms with E-state index in [9.17, 15) is 13.2 Å². The Hall–Kier alpha value is -4.25. The fourth-order valence-corrected chi connectivity index (χ4v) is 4.72. The van der Waals surface area contributed by atoms with E-state index in [2.05, 4.69) is 10.5 Å². The van der Waals surface area contributed by atoms with Gasteiger partial charge in [-0.05, 0) is 36.4 Å². The molecule has 0 unspecified atom stereocenters. The van der Waals surface area contributed by atoms with Gasteiger partial charge in [-0.1, -0.05) is 18.2 Å². The van der Waals surface area contributed by atoms with Crippen LogP contribution in [0.2, 0.25) is 0 Å². The van der Waals surface area contributed by atoms with E-state index in [4.69, 9.17) is 18.9 Å². The van der Waals surface area contributed by atoms with Crippen molar-refractivity contribution in [3.05, 3.63) is 72.3 Å². The first kappa shape index (κ1) is 26.4. The van der Waals surface area contributed by atoms with Crippen LogP contribution in [0.15, 0.2) is 76.7 Å². The van der Waals surface area contributed by atoms with Crippen LogP contribution in [0.4, 0.5) is 5.69 Å². The number of sulfonamides is 1. The van der Waals surface area contributed by atoms with E-state index in [0.717, 1.165) is 4.31 Å². The Morgan fingerprint density at radius 2 is 1.50 bits per heavy atom. The molecule has 3 rings (SSSR count). The maximum atomic E-state index is 13.6. The summed E-state index contributed by atoms with van der Waals surface area (Å²) in [4.78, 5) is 12.9. The third kappa shape index (κ3) is 6.05. The van der Waals surface area contributed by atoms with Crippen molar-refractivity contribution in [3.8, 4) is 23.0 Å². The molecule has 0 bridgehead atoms. The molecule has 36 heavy (non-hydrogen) atoms. The fraction of sp³-hybridized carbons (Fsp3) is 0.200. The van der Waals surface area contributed by atoms with Crippen LogP contribution in [0.3, 0.4) is 0 Å². The van der Waals surface area contributed by atoms with E-state index in [-0.39, 0.29) is 16.3 Å². The number of anilines is 1. The lowest BCUT2D eigenvalue weighted by Gasteiger charge is -2.25. The molecule has 0 aromatic heterocycles. The van der Waals surface area contributed by atoms with Crippen LogP contribution in [0.1, 0.15) is 5.56 Å². The van der Waals surface area contributed by atoms with Gasteiger partial charge in [0.05, 0.1) is 45.2 Å². The highest BCUT2D eigenvalue weighted by atomic mass is 32.2. The summed E-state index contributed by atoms with van der Waals surface area (Å²) in [5.41, 5.74) is 3.09. The minimum absolute atomic E-state index is 0.00847. The van der Waals surface area contributed by atoms with Crippen molar-refractivity contribution in [1.82, 2.24) is 5.43 Å². The number of hydrazone groups is 1. The third-order valence-electron chi connectivity index (χ3n) is 5.11. The number of nitrogens with zero attached hydrogens (tertiary/aromatic N) is 2. The molecular formula is C25H27N3O7S. The van der Waals surface area contributed by atoms with Gasteiger partial charge in [0.1, 0.15) is 29.5 Å². The molecule has 0 saturated carbocycles. The standard InChI is InChI=1S/C25H27N3O7S/c1-32-19-12-13-23(34-3)22(14-19)28(36(30,31)21-8-6-5-7-9-21)17-25(29)27-26-16-18-10-11-20(33-2)15-24(18)35-4/h5-16H,17H2,1-4H3,(H,27,29)/b26-16-. The van der Waals surface area contributed by atoms with Crippen LogP contribution in [-0.4, -0.2) is 55.5 Å². The highest BCUT2D eigenvalue weighted by molar-refractivity contribution is 7.92. The van der Waals surface area contributed by atoms with Crippen molar-refractivity contribution < 1.29 is 32.2 Å². The zero-order valence-electron chi connectivity index (χ0n) is 20.3. The second-order valence-electron chi connectivity index (χ2n) is 7.26. The SMILES string of the molecule is COc1ccc(/C=N\NC(=O)CN(c2cc(OC)ccc2OC)S(=O)(=O)c2ccccc2)c(OC)c1. The lowest BCUT2D eigenvalue weighted by atomic mass is 10.2. The normalized spacial score (nSPS) is 11.1. The van der Waals surface area contributed by atoms with E-state index < -0.39 is 22.5 Å². The van der Waals surface area contributed by atoms with Crippen LogP contribution in [-0.2, 0) is 14.8 Å². The molecule has 3 aromatic carbocycles. The topological polar surface area (TPSA) is 116 Å². The summed E-state index contributed by atoms with van der Waals surface area (Å²) < 4.78 is 49.2. The number of amides is 1. The van der Waals surface area contributed by atoms with Gasteiger partial charge in [-0.3, -0.25) is 9.10 Å². The number of rotatable bonds is 11. The van der Waals surface area contributed by atoms with E-state index in [1.807, 2.05) is 0 Å². The van der Waals surface area contributed by atoms with E-state index in [1.165, 1.54) is 52.9 Å². The maximum absolute atomic E-state index is 13.6. The Bertz CT molecular complexity index is 1330. The molecule has 0 heterocycles. The van der Waals surface area contributed by atoms with E-state index >= 15 is 0 Å². The summed E-state index contributed by atoms with van der Waals surface area (Å²) in [6, 6.07) is 17.6. The monoisotopic (exact) mass is 513 g/mol. The van der Waals surface area contributed by atoms with E-state index in [1.54, 1.807) is 48.5 Å². The molecule has 0 atom stereocenters. The predicted octanol–water partition coefficient (Wildman–Crippen LogP) is 3.07. The minimum atomic E-state index is -4.15. The lowest BCUT2D eigenvalue weighted by Crippen LogP contribution is -2.39. The highest BCUT2D eigenvalue weighted by Gasteiger charge is 2.29. The van der Waals surface area contributed by atoms with Crippen molar-refractivity contribution in [2.75, 3.05) is 39.3 Å². The van der Waals surface area contributed by atoms with Gasteiger partial charge in [-0.25, -0.2) is 13.8 Å². The van der Waals surface area contributed by atoms with Gasteiger partial charge in [0, 0.05) is 17.7 Å². The highest BCUT2D eigenvalue weighted by Crippen LogP contribution is 2.35. The average Bonchev–Trinajstić information content (AvgIpc) is 2.91. The number of benzene rings is 3. The first-order chi connectivity index (χ1) is 17.3. The lowest BCUT2D eigenvalue weighted by molar-refractivity contribution is -0.119. The molecule has 0 radical (unpaired) electrons. The molecule has 1 amide bonds. The maximum Gasteiger partial charge on any atom is 0.264 e. The van der Waals surface area contributed by atoms with E-state index in [0.29, 0.717) is 22.8 Å². The molecular weight excluding hydrogens is 486 g/mol. The van der Waals surface area contributed by atoms with Crippen LogP contribution in [0.5, 0.6) is 23.0 Å². The van der Waals surface area contributed by atoms with Crippen LogP contribution < -0.4 is 28.7 Å². The molecule has 190 valence electrons. The van der Waals surface area contributed by atoms with Crippen molar-refractivity contribution in [1.29, 1.82) is 0 Å². The molecule has 1 N–H and O–H groups in total. The zero-order valence-corrected chi connectivity index (χ0v) is 21.1. The number of carbonyl (C=O) groups excluding carboxylic acids is 1. The Morgan fingerprint density at radius 1 is 0.861 bits per heavy atom. The summed E-state index contributed by atoms with van der Waals surface area (Å²) in [7, 11) is 1.75. The summed E-state index contributed by atoms with van der Waals surface area (Å²) in [5, 5.41) is 3.96. The fourth-order valence-electron chi connectivity index (χ4n) is 3.28. The smallest absolute Gasteiger partial charge is 0.264 e. The third-order valence-corrected chi connectivity index (χ3v) is 6.88. The van der Waals surface area contributed by atoms with Crippen LogP contribution >= 0.6 is 0 Å². The molecule has 3 aromatic rings. The molecule has 11 heteroatoms. The zero-order chi connectivity index (χ0) is 26.1. The Kier molecular flexibility index (Phi) is 8.74. The van der Waals surface area contributed by atoms with Gasteiger partial charge in [0.15, 0.2) is 0 Å². The van der Waals surface area contributed by atoms with Gasteiger partial charge in [-0.15, -0.1) is 0 Å². The Labute approximate surface area is 210 Å². The molecule has 0 aliphatic heterocycles. The predicted molar refractivity (Wildman–Crippen MR) is 136 cm³/mol. The number of ether oxygens (including phenoxy) is 4. The Balaban J connectivity index is 1.92. The summed E-state index contributed by atoms with van der Waals surface area (Å²) in [6.45, 7) is -0.572. The van der Waals surface area contributed by atoms with Crippen molar-refractivity contribution >= 4 is 27.8 Å². The molecule has 0 aliphatic carbocycles.